The molecule has 5 rings (SSSR count). The molecule has 3 aromatic carbocycles. The summed E-state index contributed by atoms with van der Waals surface area (Å²) in [6.45, 7) is 2.99. The Hall–Kier alpha value is -2.57. The molecule has 0 atom stereocenters. The highest BCUT2D eigenvalue weighted by Gasteiger charge is 2.46. The molecule has 2 aliphatic rings. The van der Waals surface area contributed by atoms with Gasteiger partial charge in [-0.25, -0.2) is 8.78 Å². The van der Waals surface area contributed by atoms with E-state index in [0.717, 1.165) is 53.8 Å². The van der Waals surface area contributed by atoms with Gasteiger partial charge in [0.2, 0.25) is 0 Å². The van der Waals surface area contributed by atoms with Crippen LogP contribution in [-0.4, -0.2) is 30.4 Å². The molecular weight excluding hydrogens is 474 g/mol. The maximum Gasteiger partial charge on any atom is 0.258 e. The first-order chi connectivity index (χ1) is 15.4. The molecule has 3 aromatic rings. The van der Waals surface area contributed by atoms with E-state index in [1.807, 2.05) is 41.3 Å². The number of likely N-dealkylation sites (tertiary alicyclic amines) is 1. The molecule has 1 fully saturated rings. The zero-order valence-electron chi connectivity index (χ0n) is 17.5. The summed E-state index contributed by atoms with van der Waals surface area (Å²) in [5, 5.41) is 0. The molecule has 3 nitrogen and oxygen atoms in total. The van der Waals surface area contributed by atoms with Crippen molar-refractivity contribution < 1.29 is 13.6 Å². The van der Waals surface area contributed by atoms with Crippen molar-refractivity contribution >= 4 is 27.5 Å². The zero-order chi connectivity index (χ0) is 22.3. The Morgan fingerprint density at radius 3 is 2.38 bits per heavy atom. The summed E-state index contributed by atoms with van der Waals surface area (Å²) < 4.78 is 28.3. The van der Waals surface area contributed by atoms with Gasteiger partial charge < -0.3 is 4.90 Å². The van der Waals surface area contributed by atoms with Gasteiger partial charge in [0.1, 0.15) is 11.6 Å². The molecule has 2 heterocycles. The van der Waals surface area contributed by atoms with Crippen molar-refractivity contribution in [1.29, 1.82) is 0 Å². The van der Waals surface area contributed by atoms with Crippen LogP contribution in [0.25, 0.3) is 0 Å². The van der Waals surface area contributed by atoms with Gasteiger partial charge in [-0.3, -0.25) is 9.69 Å². The zero-order valence-corrected chi connectivity index (χ0v) is 19.1. The minimum Gasteiger partial charge on any atom is -0.307 e. The van der Waals surface area contributed by atoms with Gasteiger partial charge in [-0.15, -0.1) is 0 Å². The van der Waals surface area contributed by atoms with Gasteiger partial charge in [0.05, 0.1) is 0 Å². The van der Waals surface area contributed by atoms with E-state index in [1.165, 1.54) is 18.2 Å². The predicted molar refractivity (Wildman–Crippen MR) is 125 cm³/mol. The van der Waals surface area contributed by atoms with E-state index in [2.05, 4.69) is 20.8 Å². The number of amides is 1. The van der Waals surface area contributed by atoms with Crippen LogP contribution in [0.5, 0.6) is 0 Å². The molecule has 1 spiro atoms. The Kier molecular flexibility index (Phi) is 5.59. The number of anilines is 1. The van der Waals surface area contributed by atoms with Crippen molar-refractivity contribution in [2.24, 2.45) is 0 Å². The van der Waals surface area contributed by atoms with Crippen LogP contribution in [0, 0.1) is 11.6 Å². The average molecular weight is 497 g/mol. The van der Waals surface area contributed by atoms with Crippen LogP contribution in [0.4, 0.5) is 14.5 Å². The maximum atomic E-state index is 14.3. The third kappa shape index (κ3) is 3.97. The molecule has 6 heteroatoms. The first-order valence-electron chi connectivity index (χ1n) is 10.8. The fraction of sp³-hybridized carbons (Fsp3) is 0.269. The SMILES string of the molecule is O=C(c1cccc(Br)c1)N1CC2(CCN(Cc3ccc(F)cc3)CC2)c2cc(F)ccc21. The van der Waals surface area contributed by atoms with Crippen LogP contribution in [-0.2, 0) is 12.0 Å². The largest absolute Gasteiger partial charge is 0.307 e. The molecule has 0 radical (unpaired) electrons. The Labute approximate surface area is 194 Å². The van der Waals surface area contributed by atoms with Crippen LogP contribution in [0.15, 0.2) is 71.2 Å². The lowest BCUT2D eigenvalue weighted by molar-refractivity contribution is 0.0975. The normalized spacial score (nSPS) is 17.5. The fourth-order valence-electron chi connectivity index (χ4n) is 5.01. The highest BCUT2D eigenvalue weighted by molar-refractivity contribution is 9.10. The summed E-state index contributed by atoms with van der Waals surface area (Å²) in [5.74, 6) is -0.565. The number of rotatable bonds is 3. The van der Waals surface area contributed by atoms with Crippen LogP contribution in [0.1, 0.15) is 34.3 Å². The van der Waals surface area contributed by atoms with Gasteiger partial charge in [0.25, 0.3) is 5.91 Å². The summed E-state index contributed by atoms with van der Waals surface area (Å²) >= 11 is 3.44. The van der Waals surface area contributed by atoms with Crippen LogP contribution in [0.2, 0.25) is 0 Å². The van der Waals surface area contributed by atoms with E-state index in [-0.39, 0.29) is 23.0 Å². The summed E-state index contributed by atoms with van der Waals surface area (Å²) in [7, 11) is 0. The number of carbonyl (C=O) groups is 1. The number of hydrogen-bond acceptors (Lipinski definition) is 2. The van der Waals surface area contributed by atoms with Crippen molar-refractivity contribution in [1.82, 2.24) is 4.90 Å². The van der Waals surface area contributed by atoms with Crippen molar-refractivity contribution in [2.45, 2.75) is 24.8 Å². The second kappa shape index (κ2) is 8.41. The summed E-state index contributed by atoms with van der Waals surface area (Å²) in [5.41, 5.74) is 3.18. The number of benzene rings is 3. The number of fused-ring (bicyclic) bond motifs is 2. The van der Waals surface area contributed by atoms with Gasteiger partial charge in [-0.2, -0.15) is 0 Å². The lowest BCUT2D eigenvalue weighted by Crippen LogP contribution is -2.45. The van der Waals surface area contributed by atoms with Gasteiger partial charge in [-0.05, 0) is 85.6 Å². The van der Waals surface area contributed by atoms with E-state index < -0.39 is 0 Å². The van der Waals surface area contributed by atoms with Gasteiger partial charge in [-0.1, -0.05) is 34.1 Å². The summed E-state index contributed by atoms with van der Waals surface area (Å²) in [6.07, 6.45) is 1.68. The number of piperidine rings is 1. The van der Waals surface area contributed by atoms with E-state index in [0.29, 0.717) is 12.1 Å². The molecule has 0 aromatic heterocycles. The smallest absolute Gasteiger partial charge is 0.258 e. The highest BCUT2D eigenvalue weighted by Crippen LogP contribution is 2.48. The van der Waals surface area contributed by atoms with Crippen LogP contribution >= 0.6 is 15.9 Å². The quantitative estimate of drug-likeness (QED) is 0.449. The number of nitrogens with zero attached hydrogens (tertiary/aromatic N) is 2. The highest BCUT2D eigenvalue weighted by atomic mass is 79.9. The molecular formula is C26H23BrF2N2O. The monoisotopic (exact) mass is 496 g/mol. The van der Waals surface area contributed by atoms with E-state index in [4.69, 9.17) is 0 Å². The Balaban J connectivity index is 1.38. The van der Waals surface area contributed by atoms with Gasteiger partial charge >= 0.3 is 0 Å². The second-order valence-electron chi connectivity index (χ2n) is 8.75. The average Bonchev–Trinajstić information content (AvgIpc) is 3.10. The molecule has 32 heavy (non-hydrogen) atoms. The third-order valence-corrected chi connectivity index (χ3v) is 7.22. The van der Waals surface area contributed by atoms with Crippen molar-refractivity contribution in [2.75, 3.05) is 24.5 Å². The molecule has 2 aliphatic heterocycles. The topological polar surface area (TPSA) is 23.6 Å². The third-order valence-electron chi connectivity index (χ3n) is 6.73. The fourth-order valence-corrected chi connectivity index (χ4v) is 5.41. The van der Waals surface area contributed by atoms with Gasteiger partial charge in [0.15, 0.2) is 0 Å². The molecule has 0 saturated carbocycles. The first kappa shape index (κ1) is 21.3. The molecule has 0 bridgehead atoms. The number of halogens is 3. The second-order valence-corrected chi connectivity index (χ2v) is 9.66. The Morgan fingerprint density at radius 2 is 1.66 bits per heavy atom. The van der Waals surface area contributed by atoms with Crippen molar-refractivity contribution in [3.05, 3.63) is 99.5 Å². The molecule has 0 N–H and O–H groups in total. The first-order valence-corrected chi connectivity index (χ1v) is 11.6. The Morgan fingerprint density at radius 1 is 0.938 bits per heavy atom. The lowest BCUT2D eigenvalue weighted by Gasteiger charge is -2.40. The molecule has 0 unspecified atom stereocenters. The molecule has 1 amide bonds. The number of hydrogen-bond donors (Lipinski definition) is 0. The summed E-state index contributed by atoms with van der Waals surface area (Å²) in [4.78, 5) is 17.5. The van der Waals surface area contributed by atoms with E-state index in [9.17, 15) is 13.6 Å². The van der Waals surface area contributed by atoms with Crippen molar-refractivity contribution in [3.8, 4) is 0 Å². The minimum absolute atomic E-state index is 0.0650. The van der Waals surface area contributed by atoms with E-state index >= 15 is 0 Å². The summed E-state index contributed by atoms with van der Waals surface area (Å²) in [6, 6.07) is 18.8. The standard InChI is InChI=1S/C26H23BrF2N2O/c27-20-3-1-2-19(14-20)25(32)31-17-26(23-15-22(29)8-9-24(23)31)10-12-30(13-11-26)16-18-4-6-21(28)7-5-18/h1-9,14-15H,10-13,16-17H2. The van der Waals surface area contributed by atoms with E-state index in [1.54, 1.807) is 12.1 Å². The number of carbonyl (C=O) groups excluding carboxylic acids is 1. The van der Waals surface area contributed by atoms with Crippen molar-refractivity contribution in [3.63, 3.8) is 0 Å². The molecule has 1 saturated heterocycles. The predicted octanol–water partition coefficient (Wildman–Crippen LogP) is 5.92. The maximum absolute atomic E-state index is 14.3. The molecule has 164 valence electrons. The van der Waals surface area contributed by atoms with Crippen LogP contribution < -0.4 is 4.90 Å². The minimum atomic E-state index is -0.270. The molecule has 0 aliphatic carbocycles. The lowest BCUT2D eigenvalue weighted by atomic mass is 9.74. The van der Waals surface area contributed by atoms with Gasteiger partial charge in [0, 0.05) is 34.2 Å². The van der Waals surface area contributed by atoms with Crippen LogP contribution in [0.3, 0.4) is 0 Å². The Bertz CT molecular complexity index is 1160.